The third-order valence-electron chi connectivity index (χ3n) is 3.60. The molecule has 0 radical (unpaired) electrons. The second kappa shape index (κ2) is 4.44. The van der Waals surface area contributed by atoms with Gasteiger partial charge in [-0.25, -0.2) is 0 Å². The molecule has 2 aromatic heterocycles. The van der Waals surface area contributed by atoms with Crippen LogP contribution in [0.4, 0.5) is 0 Å². The van der Waals surface area contributed by atoms with Crippen molar-refractivity contribution in [1.82, 2.24) is 0 Å². The van der Waals surface area contributed by atoms with Crippen molar-refractivity contribution in [2.75, 3.05) is 0 Å². The van der Waals surface area contributed by atoms with Crippen LogP contribution in [0.2, 0.25) is 0 Å². The molecule has 0 spiro atoms. The van der Waals surface area contributed by atoms with Gasteiger partial charge in [0.25, 0.3) is 0 Å². The van der Waals surface area contributed by atoms with Crippen LogP contribution in [0.15, 0.2) is 48.5 Å². The molecule has 0 nitrogen and oxygen atoms in total. The molecule has 4 rings (SSSR count). The van der Waals surface area contributed by atoms with Crippen LogP contribution in [0.25, 0.3) is 30.6 Å². The summed E-state index contributed by atoms with van der Waals surface area (Å²) in [5, 5.41) is 2.71. The summed E-state index contributed by atoms with van der Waals surface area (Å²) < 4.78 is 2.75. The number of hydrogen-bond acceptors (Lipinski definition) is 2. The summed E-state index contributed by atoms with van der Waals surface area (Å²) in [6.45, 7) is 4.32. The molecule has 20 heavy (non-hydrogen) atoms. The minimum atomic E-state index is 1.32. The fourth-order valence-corrected chi connectivity index (χ4v) is 4.58. The predicted octanol–water partition coefficient (Wildman–Crippen LogP) is 6.40. The van der Waals surface area contributed by atoms with Crippen LogP contribution < -0.4 is 0 Å². The van der Waals surface area contributed by atoms with Crippen molar-refractivity contribution in [3.8, 4) is 10.4 Å². The number of thiophene rings is 2. The van der Waals surface area contributed by atoms with E-state index in [0.29, 0.717) is 0 Å². The Morgan fingerprint density at radius 3 is 2.35 bits per heavy atom. The van der Waals surface area contributed by atoms with Gasteiger partial charge in [0.05, 0.1) is 0 Å². The average Bonchev–Trinajstić information content (AvgIpc) is 2.99. The van der Waals surface area contributed by atoms with Gasteiger partial charge < -0.3 is 0 Å². The normalized spacial score (nSPS) is 11.5. The standard InChI is InChI=1S/C18H14S2/c1-11-3-5-17-14(7-11)10-18(20-17)13-4-6-16-15(9-13)8-12(2)19-16/h3-10H,1-2H3. The smallest absolute Gasteiger partial charge is 0.0355 e. The van der Waals surface area contributed by atoms with Crippen molar-refractivity contribution in [1.29, 1.82) is 0 Å². The van der Waals surface area contributed by atoms with Crippen molar-refractivity contribution in [3.05, 3.63) is 59.0 Å². The summed E-state index contributed by atoms with van der Waals surface area (Å²) >= 11 is 3.74. The molecule has 0 atom stereocenters. The third kappa shape index (κ3) is 1.96. The quantitative estimate of drug-likeness (QED) is 0.381. The van der Waals surface area contributed by atoms with Gasteiger partial charge in [0, 0.05) is 19.2 Å². The van der Waals surface area contributed by atoms with E-state index in [1.54, 1.807) is 0 Å². The number of hydrogen-bond donors (Lipinski definition) is 0. The highest BCUT2D eigenvalue weighted by Gasteiger charge is 2.06. The Hall–Kier alpha value is -1.64. The fourth-order valence-electron chi connectivity index (χ4n) is 2.63. The van der Waals surface area contributed by atoms with E-state index in [-0.39, 0.29) is 0 Å². The molecular weight excluding hydrogens is 280 g/mol. The fraction of sp³-hybridized carbons (Fsp3) is 0.111. The molecule has 0 saturated heterocycles. The zero-order chi connectivity index (χ0) is 13.7. The lowest BCUT2D eigenvalue weighted by Crippen LogP contribution is -1.70. The molecule has 0 amide bonds. The van der Waals surface area contributed by atoms with Gasteiger partial charge in [-0.1, -0.05) is 23.8 Å². The Labute approximate surface area is 126 Å². The van der Waals surface area contributed by atoms with Gasteiger partial charge in [0.15, 0.2) is 0 Å². The first-order valence-electron chi connectivity index (χ1n) is 6.70. The summed E-state index contributed by atoms with van der Waals surface area (Å²) in [6, 6.07) is 18.1. The van der Waals surface area contributed by atoms with E-state index >= 15 is 0 Å². The first-order chi connectivity index (χ1) is 9.69. The topological polar surface area (TPSA) is 0 Å². The van der Waals surface area contributed by atoms with Gasteiger partial charge >= 0.3 is 0 Å². The minimum Gasteiger partial charge on any atom is -0.141 e. The third-order valence-corrected chi connectivity index (χ3v) is 5.79. The molecule has 0 aliphatic heterocycles. The Kier molecular flexibility index (Phi) is 2.69. The molecule has 2 heteroatoms. The molecule has 0 aliphatic rings. The van der Waals surface area contributed by atoms with E-state index < -0.39 is 0 Å². The Morgan fingerprint density at radius 1 is 0.700 bits per heavy atom. The van der Waals surface area contributed by atoms with Crippen LogP contribution in [0, 0.1) is 13.8 Å². The second-order valence-electron chi connectivity index (χ2n) is 5.26. The van der Waals surface area contributed by atoms with Gasteiger partial charge in [0.2, 0.25) is 0 Å². The van der Waals surface area contributed by atoms with Crippen LogP contribution in [0.3, 0.4) is 0 Å². The molecule has 2 aromatic carbocycles. The van der Waals surface area contributed by atoms with Gasteiger partial charge in [0.1, 0.15) is 0 Å². The predicted molar refractivity (Wildman–Crippen MR) is 92.1 cm³/mol. The van der Waals surface area contributed by atoms with Crippen LogP contribution in [0.5, 0.6) is 0 Å². The van der Waals surface area contributed by atoms with Crippen LogP contribution in [-0.2, 0) is 0 Å². The molecular formula is C18H14S2. The van der Waals surface area contributed by atoms with Crippen molar-refractivity contribution < 1.29 is 0 Å². The monoisotopic (exact) mass is 294 g/mol. The zero-order valence-corrected chi connectivity index (χ0v) is 13.1. The Balaban J connectivity index is 1.90. The Bertz CT molecular complexity index is 925. The lowest BCUT2D eigenvalue weighted by Gasteiger charge is -1.97. The lowest BCUT2D eigenvalue weighted by molar-refractivity contribution is 1.51. The van der Waals surface area contributed by atoms with Crippen molar-refractivity contribution >= 4 is 42.8 Å². The van der Waals surface area contributed by atoms with Gasteiger partial charge in [-0.3, -0.25) is 0 Å². The molecule has 0 aliphatic carbocycles. The summed E-state index contributed by atoms with van der Waals surface area (Å²) in [5.41, 5.74) is 2.65. The number of rotatable bonds is 1. The molecule has 4 aromatic rings. The van der Waals surface area contributed by atoms with E-state index in [1.165, 1.54) is 41.1 Å². The van der Waals surface area contributed by atoms with Crippen LogP contribution in [-0.4, -0.2) is 0 Å². The molecule has 0 unspecified atom stereocenters. The molecule has 0 fully saturated rings. The average molecular weight is 294 g/mol. The van der Waals surface area contributed by atoms with Crippen molar-refractivity contribution in [2.45, 2.75) is 13.8 Å². The number of fused-ring (bicyclic) bond motifs is 2. The number of benzene rings is 2. The van der Waals surface area contributed by atoms with Crippen molar-refractivity contribution in [3.63, 3.8) is 0 Å². The largest absolute Gasteiger partial charge is 0.141 e. The highest BCUT2D eigenvalue weighted by molar-refractivity contribution is 7.22. The summed E-state index contributed by atoms with van der Waals surface area (Å²) in [7, 11) is 0. The van der Waals surface area contributed by atoms with Gasteiger partial charge in [-0.05, 0) is 60.5 Å². The molecule has 98 valence electrons. The minimum absolute atomic E-state index is 1.32. The van der Waals surface area contributed by atoms with Crippen LogP contribution >= 0.6 is 22.7 Å². The second-order valence-corrected chi connectivity index (χ2v) is 7.63. The molecule has 0 N–H and O–H groups in total. The first-order valence-corrected chi connectivity index (χ1v) is 8.33. The molecule has 2 heterocycles. The van der Waals surface area contributed by atoms with Gasteiger partial charge in [-0.2, -0.15) is 0 Å². The molecule has 0 bridgehead atoms. The molecule has 0 saturated carbocycles. The maximum absolute atomic E-state index is 2.32. The van der Waals surface area contributed by atoms with E-state index in [9.17, 15) is 0 Å². The van der Waals surface area contributed by atoms with E-state index in [4.69, 9.17) is 0 Å². The zero-order valence-electron chi connectivity index (χ0n) is 11.4. The summed E-state index contributed by atoms with van der Waals surface area (Å²) in [6.07, 6.45) is 0. The summed E-state index contributed by atoms with van der Waals surface area (Å²) in [5.74, 6) is 0. The van der Waals surface area contributed by atoms with Crippen LogP contribution in [0.1, 0.15) is 10.4 Å². The first kappa shape index (κ1) is 12.1. The maximum Gasteiger partial charge on any atom is 0.0355 e. The number of aryl methyl sites for hydroxylation is 2. The summed E-state index contributed by atoms with van der Waals surface area (Å²) in [4.78, 5) is 2.74. The van der Waals surface area contributed by atoms with E-state index in [1.807, 2.05) is 22.7 Å². The SMILES string of the molecule is Cc1ccc2sc(-c3ccc4sc(C)cc4c3)cc2c1. The maximum atomic E-state index is 2.32. The van der Waals surface area contributed by atoms with E-state index in [2.05, 4.69) is 62.4 Å². The van der Waals surface area contributed by atoms with E-state index in [0.717, 1.165) is 0 Å². The van der Waals surface area contributed by atoms with Gasteiger partial charge in [-0.15, -0.1) is 22.7 Å². The van der Waals surface area contributed by atoms with Crippen molar-refractivity contribution in [2.24, 2.45) is 0 Å². The highest BCUT2D eigenvalue weighted by atomic mass is 32.1. The highest BCUT2D eigenvalue weighted by Crippen LogP contribution is 2.36. The Morgan fingerprint density at radius 2 is 1.45 bits per heavy atom. The lowest BCUT2D eigenvalue weighted by atomic mass is 10.1.